The number of rotatable bonds is 2. The van der Waals surface area contributed by atoms with Crippen molar-refractivity contribution in [1.82, 2.24) is 0 Å². The molecule has 0 amide bonds. The Labute approximate surface area is 57.9 Å². The zero-order chi connectivity index (χ0) is 4.99. The van der Waals surface area contributed by atoms with E-state index in [1.807, 2.05) is 6.08 Å². The minimum Gasteiger partial charge on any atom is -0.103 e. The van der Waals surface area contributed by atoms with Crippen LogP contribution in [0.25, 0.3) is 0 Å². The Kier molecular flexibility index (Phi) is 9.34. The van der Waals surface area contributed by atoms with Gasteiger partial charge in [-0.15, -0.1) is 6.58 Å². The predicted octanol–water partition coefficient (Wildman–Crippen LogP) is 2.22. The van der Waals surface area contributed by atoms with Gasteiger partial charge in [0.25, 0.3) is 0 Å². The monoisotopic (exact) mass is 135 g/mol. The second-order valence-electron chi connectivity index (χ2n) is 1.62. The molecule has 0 aromatic carbocycles. The van der Waals surface area contributed by atoms with E-state index in [2.05, 4.69) is 20.4 Å². The van der Waals surface area contributed by atoms with E-state index in [1.165, 1.54) is 6.42 Å². The molecule has 0 fully saturated rings. The summed E-state index contributed by atoms with van der Waals surface area (Å²) in [6.07, 6.45) is 3.18. The van der Waals surface area contributed by atoms with Crippen LogP contribution in [0.4, 0.5) is 0 Å². The van der Waals surface area contributed by atoms with Gasteiger partial charge in [-0.1, -0.05) is 26.3 Å². The molecule has 0 saturated heterocycles. The fraction of sp³-hybridized carbons (Fsp3) is 0.667. The molecular formula is C6H12V. The Morgan fingerprint density at radius 2 is 2.14 bits per heavy atom. The first-order valence-electron chi connectivity index (χ1n) is 2.43. The smallest absolute Gasteiger partial charge is 0 e. The molecule has 1 heteroatoms. The largest absolute Gasteiger partial charge is 0.103 e. The molecule has 0 aliphatic rings. The molecular weight excluding hydrogens is 123 g/mol. The minimum absolute atomic E-state index is 0. The zero-order valence-electron chi connectivity index (χ0n) is 5.02. The van der Waals surface area contributed by atoms with Gasteiger partial charge in [0.2, 0.25) is 0 Å². The molecule has 0 bridgehead atoms. The van der Waals surface area contributed by atoms with E-state index in [0.29, 0.717) is 5.92 Å². The van der Waals surface area contributed by atoms with Gasteiger partial charge < -0.3 is 0 Å². The van der Waals surface area contributed by atoms with Gasteiger partial charge in [-0.3, -0.25) is 0 Å². The molecule has 0 spiro atoms. The minimum atomic E-state index is 0. The van der Waals surface area contributed by atoms with E-state index in [-0.39, 0.29) is 18.6 Å². The maximum absolute atomic E-state index is 3.63. The van der Waals surface area contributed by atoms with Gasteiger partial charge in [-0.25, -0.2) is 0 Å². The molecule has 0 heterocycles. The van der Waals surface area contributed by atoms with Crippen molar-refractivity contribution in [1.29, 1.82) is 0 Å². The standard InChI is InChI=1S/C6H12.V/c1-4-6(3)5-2;/h4,6H,1,5H2,2-3H3;. The van der Waals surface area contributed by atoms with Gasteiger partial charge in [0.1, 0.15) is 0 Å². The molecule has 0 rings (SSSR count). The van der Waals surface area contributed by atoms with Crippen molar-refractivity contribution >= 4 is 0 Å². The maximum atomic E-state index is 3.63. The average molecular weight is 135 g/mol. The van der Waals surface area contributed by atoms with Crippen LogP contribution in [0.2, 0.25) is 0 Å². The quantitative estimate of drug-likeness (QED) is 0.509. The predicted molar refractivity (Wildman–Crippen MR) is 29.7 cm³/mol. The molecule has 0 aromatic rings. The van der Waals surface area contributed by atoms with E-state index in [0.717, 1.165) is 0 Å². The van der Waals surface area contributed by atoms with Gasteiger partial charge in [0.05, 0.1) is 0 Å². The molecule has 1 radical (unpaired) electrons. The molecule has 7 heavy (non-hydrogen) atoms. The van der Waals surface area contributed by atoms with Gasteiger partial charge in [0, 0.05) is 18.6 Å². The van der Waals surface area contributed by atoms with Crippen LogP contribution in [-0.4, -0.2) is 0 Å². The number of allylic oxidation sites excluding steroid dienone is 1. The van der Waals surface area contributed by atoms with E-state index < -0.39 is 0 Å². The number of hydrogen-bond donors (Lipinski definition) is 0. The summed E-state index contributed by atoms with van der Waals surface area (Å²) >= 11 is 0. The van der Waals surface area contributed by atoms with Crippen LogP contribution in [-0.2, 0) is 18.6 Å². The summed E-state index contributed by atoms with van der Waals surface area (Å²) in [6, 6.07) is 0. The maximum Gasteiger partial charge on any atom is 0 e. The van der Waals surface area contributed by atoms with Crippen molar-refractivity contribution in [3.63, 3.8) is 0 Å². The third kappa shape index (κ3) is 6.32. The van der Waals surface area contributed by atoms with Gasteiger partial charge in [-0.05, 0) is 5.92 Å². The average Bonchev–Trinajstić information content (AvgIpc) is 1.65. The van der Waals surface area contributed by atoms with Gasteiger partial charge >= 0.3 is 0 Å². The molecule has 41 valence electrons. The van der Waals surface area contributed by atoms with Crippen LogP contribution in [0, 0.1) is 5.92 Å². The van der Waals surface area contributed by atoms with Gasteiger partial charge in [-0.2, -0.15) is 0 Å². The summed E-state index contributed by atoms with van der Waals surface area (Å²) in [5, 5.41) is 0. The van der Waals surface area contributed by atoms with E-state index >= 15 is 0 Å². The molecule has 0 aromatic heterocycles. The van der Waals surface area contributed by atoms with E-state index in [1.54, 1.807) is 0 Å². The van der Waals surface area contributed by atoms with Crippen LogP contribution < -0.4 is 0 Å². The Bertz CT molecular complexity index is 41.4. The van der Waals surface area contributed by atoms with Crippen LogP contribution in [0.15, 0.2) is 12.7 Å². The van der Waals surface area contributed by atoms with Crippen molar-refractivity contribution in [3.8, 4) is 0 Å². The normalized spacial score (nSPS) is 11.7. The Morgan fingerprint density at radius 3 is 2.14 bits per heavy atom. The molecule has 0 N–H and O–H groups in total. The molecule has 0 aliphatic carbocycles. The van der Waals surface area contributed by atoms with Crippen molar-refractivity contribution in [2.75, 3.05) is 0 Å². The van der Waals surface area contributed by atoms with Gasteiger partial charge in [0.15, 0.2) is 0 Å². The summed E-state index contributed by atoms with van der Waals surface area (Å²) in [7, 11) is 0. The van der Waals surface area contributed by atoms with Crippen LogP contribution >= 0.6 is 0 Å². The molecule has 0 nitrogen and oxygen atoms in total. The fourth-order valence-corrected chi connectivity index (χ4v) is 0.167. The Balaban J connectivity index is 0. The van der Waals surface area contributed by atoms with Crippen LogP contribution in [0.3, 0.4) is 0 Å². The van der Waals surface area contributed by atoms with E-state index in [4.69, 9.17) is 0 Å². The zero-order valence-corrected chi connectivity index (χ0v) is 6.41. The third-order valence-electron chi connectivity index (χ3n) is 1.05. The Hall–Kier alpha value is 0.324. The van der Waals surface area contributed by atoms with Crippen molar-refractivity contribution in [3.05, 3.63) is 12.7 Å². The van der Waals surface area contributed by atoms with Crippen molar-refractivity contribution < 1.29 is 18.6 Å². The summed E-state index contributed by atoms with van der Waals surface area (Å²) < 4.78 is 0. The first-order chi connectivity index (χ1) is 2.81. The topological polar surface area (TPSA) is 0 Å². The van der Waals surface area contributed by atoms with Crippen molar-refractivity contribution in [2.24, 2.45) is 5.92 Å². The fourth-order valence-electron chi connectivity index (χ4n) is 0.167. The van der Waals surface area contributed by atoms with Crippen molar-refractivity contribution in [2.45, 2.75) is 20.3 Å². The molecule has 1 atom stereocenters. The molecule has 1 unspecified atom stereocenters. The van der Waals surface area contributed by atoms with Crippen LogP contribution in [0.5, 0.6) is 0 Å². The second kappa shape index (κ2) is 6.32. The summed E-state index contributed by atoms with van der Waals surface area (Å²) in [6.45, 7) is 7.95. The summed E-state index contributed by atoms with van der Waals surface area (Å²) in [4.78, 5) is 0. The number of hydrogen-bond acceptors (Lipinski definition) is 0. The summed E-state index contributed by atoms with van der Waals surface area (Å²) in [5.74, 6) is 0.699. The molecule has 0 saturated carbocycles. The summed E-state index contributed by atoms with van der Waals surface area (Å²) in [5.41, 5.74) is 0. The van der Waals surface area contributed by atoms with Crippen LogP contribution in [0.1, 0.15) is 20.3 Å². The Morgan fingerprint density at radius 1 is 1.71 bits per heavy atom. The third-order valence-corrected chi connectivity index (χ3v) is 1.05. The SMILES string of the molecule is C=CC(C)CC.[V]. The first-order valence-corrected chi connectivity index (χ1v) is 2.43. The second-order valence-corrected chi connectivity index (χ2v) is 1.62. The first kappa shape index (κ1) is 10.3. The van der Waals surface area contributed by atoms with E-state index in [9.17, 15) is 0 Å². The molecule has 0 aliphatic heterocycles.